The number of tetrazole rings is 1. The summed E-state index contributed by atoms with van der Waals surface area (Å²) in [6.07, 6.45) is 70.3. The summed E-state index contributed by atoms with van der Waals surface area (Å²) < 4.78 is 45.0. The first kappa shape index (κ1) is 85.5. The molecule has 0 radical (unpaired) electrons. The molecule has 0 aliphatic carbocycles. The predicted molar refractivity (Wildman–Crippen MR) is 370 cm³/mol. The minimum absolute atomic E-state index is 0.195. The molecule has 0 aliphatic heterocycles. The molecule has 2 unspecified atom stereocenters. The Morgan fingerprint density at radius 1 is 0.471 bits per heavy atom. The van der Waals surface area contributed by atoms with Crippen LogP contribution < -0.4 is 0 Å². The molecular formula is C71H127N5O7P2. The molecule has 1 rings (SSSR count). The summed E-state index contributed by atoms with van der Waals surface area (Å²) in [5, 5.41) is 21.3. The van der Waals surface area contributed by atoms with Crippen molar-refractivity contribution in [3.63, 3.8) is 0 Å². The van der Waals surface area contributed by atoms with Crippen LogP contribution >= 0.6 is 16.3 Å². The number of nitrogens with one attached hydrogen (secondary N) is 1. The Labute approximate surface area is 524 Å². The fourth-order valence-electron chi connectivity index (χ4n) is 6.97. The van der Waals surface area contributed by atoms with Gasteiger partial charge in [0.1, 0.15) is 0 Å². The Bertz CT molecular complexity index is 2030. The van der Waals surface area contributed by atoms with Gasteiger partial charge in [-0.25, -0.2) is 9.24 Å². The number of hydrogen-bond acceptors (Lipinski definition) is 11. The number of aliphatic hydroxyl groups is 1. The number of allylic oxidation sites excluding steroid dienone is 24. The van der Waals surface area contributed by atoms with Crippen LogP contribution in [0.3, 0.4) is 0 Å². The Kier molecular flexibility index (Phi) is 54.8. The molecule has 1 aromatic rings. The highest BCUT2D eigenvalue weighted by Gasteiger charge is 2.38. The highest BCUT2D eigenvalue weighted by atomic mass is 31.2. The average molecular weight is 1220 g/mol. The Morgan fingerprint density at radius 2 is 0.765 bits per heavy atom. The largest absolute Gasteiger partial charge is 0.475 e. The van der Waals surface area contributed by atoms with E-state index in [1.165, 1.54) is 6.33 Å². The monoisotopic (exact) mass is 1220 g/mol. The number of nitrogens with zero attached hydrogens (tertiary/aromatic N) is 4. The van der Waals surface area contributed by atoms with Gasteiger partial charge in [0.2, 0.25) is 0 Å². The maximum absolute atomic E-state index is 13.2. The van der Waals surface area contributed by atoms with E-state index < -0.39 is 27.6 Å². The lowest BCUT2D eigenvalue weighted by Crippen LogP contribution is -2.37. The van der Waals surface area contributed by atoms with Crippen LogP contribution in [0.2, 0.25) is 0 Å². The molecule has 0 aliphatic rings. The zero-order chi connectivity index (χ0) is 64.7. The molecule has 2 N–H and O–H groups in total. The van der Waals surface area contributed by atoms with Crippen molar-refractivity contribution < 1.29 is 32.3 Å². The number of hydrogen-bond donors (Lipinski definition) is 2. The van der Waals surface area contributed by atoms with E-state index in [1.54, 1.807) is 0 Å². The molecule has 0 fully saturated rings. The minimum atomic E-state index is -3.66. The van der Waals surface area contributed by atoms with Gasteiger partial charge >= 0.3 is 7.82 Å². The van der Waals surface area contributed by atoms with Crippen LogP contribution in [0.25, 0.3) is 0 Å². The highest BCUT2D eigenvalue weighted by Crippen LogP contribution is 2.56. The average Bonchev–Trinajstić information content (AvgIpc) is 4.10. The van der Waals surface area contributed by atoms with Gasteiger partial charge in [0, 0.05) is 18.7 Å². The van der Waals surface area contributed by atoms with Crippen LogP contribution in [0, 0.1) is 11.8 Å². The molecule has 0 amide bonds. The van der Waals surface area contributed by atoms with E-state index in [0.29, 0.717) is 31.2 Å². The van der Waals surface area contributed by atoms with E-state index in [-0.39, 0.29) is 17.1 Å². The van der Waals surface area contributed by atoms with Crippen molar-refractivity contribution in [3.05, 3.63) is 152 Å². The van der Waals surface area contributed by atoms with Crippen molar-refractivity contribution in [3.8, 4) is 0 Å². The number of rotatable bonds is 39. The summed E-state index contributed by atoms with van der Waals surface area (Å²) >= 11 is 0. The Balaban J connectivity index is -0.00000120. The maximum Gasteiger partial charge on any atom is 0.475 e. The van der Waals surface area contributed by atoms with Crippen molar-refractivity contribution in [2.45, 2.75) is 276 Å². The van der Waals surface area contributed by atoms with Gasteiger partial charge in [-0.1, -0.05) is 192 Å². The predicted octanol–water partition coefficient (Wildman–Crippen LogP) is 22.1. The third-order valence-corrected chi connectivity index (χ3v) is 15.7. The highest BCUT2D eigenvalue weighted by molar-refractivity contribution is 7.48. The van der Waals surface area contributed by atoms with Gasteiger partial charge in [-0.2, -0.15) is 5.21 Å². The molecule has 0 saturated carbocycles. The molecule has 0 aromatic carbocycles. The molecule has 1 aromatic heterocycles. The molecular weight excluding hydrogens is 1100 g/mol. The molecule has 14 heteroatoms. The van der Waals surface area contributed by atoms with E-state index >= 15 is 0 Å². The van der Waals surface area contributed by atoms with E-state index in [0.717, 1.165) is 103 Å². The SMILES string of the molecule is CC(C)N(C(C)C)P(OC(C)(C)C)OC(C)(C)C.CC/C=C\C/C=C\C/C=C\C/C=C\C/C=C\C/C=C\CC(CC)CO.CC/C=C\C/C=C\C/C=C\C/C=C\C/C=C\C/C=C\CC(CC)COP(=O)(OC(C)(C)C)OC(C)(C)C.c1nn[nH]n1. The summed E-state index contributed by atoms with van der Waals surface area (Å²) in [6.45, 7) is 41.5. The van der Waals surface area contributed by atoms with Crippen LogP contribution in [0.15, 0.2) is 152 Å². The van der Waals surface area contributed by atoms with Crippen LogP contribution in [-0.2, 0) is 27.2 Å². The standard InChI is InChI=1S/C32H55O4P.C24H38O.C14H32NO2P.CH2N4/c1-9-11-12-13-14-15-16-17-18-19-20-21-22-23-24-25-26-27-28-30(10-2)29-34-37(33,35-31(3,4)5)36-32(6,7)8;1-3-5-6-7-8-9-10-11-12-13-14-15-16-17-18-19-20-21-22-24(4-2)23-25;1-11(2)15(12(3)4)18(16-13(5,6)7)17-14(8,9)10;1-2-4-5-3-1/h11-12,14-15,17-18,20-21,23-24,26-27,30H,9-10,13,16,19,22,25,28-29H2,1-8H3;5-6,8-9,11-12,14-15,17-18,20-21,24-25H,3-4,7,10,13,16,19,22-23H2,1-2H3;11-12H,1-10H3;1H,(H,2,3,4,5)/b12-11-,15-14-,18-17-,21-20-,24-23-,27-26-;6-5-,9-8-,12-11-,15-14-,18-17-,21-20-;;. The lowest BCUT2D eigenvalue weighted by molar-refractivity contribution is -0.00112. The second kappa shape index (κ2) is 54.5. The molecule has 12 nitrogen and oxygen atoms in total. The van der Waals surface area contributed by atoms with Gasteiger partial charge in [-0.05, 0) is 213 Å². The van der Waals surface area contributed by atoms with Crippen molar-refractivity contribution >= 4 is 16.3 Å². The van der Waals surface area contributed by atoms with Crippen molar-refractivity contribution in [1.82, 2.24) is 25.3 Å². The van der Waals surface area contributed by atoms with Gasteiger partial charge in [0.25, 0.3) is 8.53 Å². The molecule has 0 spiro atoms. The number of phosphoric acid groups is 1. The normalized spacial score (nSPS) is 14.4. The summed E-state index contributed by atoms with van der Waals surface area (Å²) in [6, 6.07) is 0.807. The van der Waals surface area contributed by atoms with Crippen molar-refractivity contribution in [1.29, 1.82) is 0 Å². The molecule has 0 bridgehead atoms. The van der Waals surface area contributed by atoms with Gasteiger partial charge in [0.15, 0.2) is 6.33 Å². The molecule has 0 saturated heterocycles. The van der Waals surface area contributed by atoms with E-state index in [1.807, 2.05) is 41.5 Å². The number of phosphoric ester groups is 1. The third kappa shape index (κ3) is 64.6. The zero-order valence-corrected chi connectivity index (χ0v) is 59.3. The lowest BCUT2D eigenvalue weighted by Gasteiger charge is -2.41. The van der Waals surface area contributed by atoms with Crippen LogP contribution in [0.5, 0.6) is 0 Å². The van der Waals surface area contributed by atoms with E-state index in [4.69, 9.17) is 27.7 Å². The van der Waals surface area contributed by atoms with Crippen LogP contribution in [0.4, 0.5) is 0 Å². The summed E-state index contributed by atoms with van der Waals surface area (Å²) in [4.78, 5) is 0. The number of aromatic amines is 1. The maximum atomic E-state index is 13.2. The van der Waals surface area contributed by atoms with Crippen LogP contribution in [-0.4, -0.2) is 78.1 Å². The fraction of sp³-hybridized carbons (Fsp3) is 0.648. The van der Waals surface area contributed by atoms with E-state index in [2.05, 4.69) is 268 Å². The molecule has 2 atom stereocenters. The first-order valence-electron chi connectivity index (χ1n) is 31.8. The molecule has 488 valence electrons. The lowest BCUT2D eigenvalue weighted by atomic mass is 10.0. The Morgan fingerprint density at radius 3 is 0.976 bits per heavy atom. The summed E-state index contributed by atoms with van der Waals surface area (Å²) in [5.41, 5.74) is -1.63. The van der Waals surface area contributed by atoms with Crippen molar-refractivity contribution in [2.75, 3.05) is 13.2 Å². The number of aromatic nitrogens is 4. The van der Waals surface area contributed by atoms with Gasteiger partial charge < -0.3 is 14.2 Å². The van der Waals surface area contributed by atoms with Gasteiger partial charge in [-0.15, -0.1) is 10.2 Å². The van der Waals surface area contributed by atoms with Crippen LogP contribution in [0.1, 0.15) is 241 Å². The van der Waals surface area contributed by atoms with E-state index in [9.17, 15) is 4.57 Å². The summed E-state index contributed by atoms with van der Waals surface area (Å²) in [7, 11) is -4.70. The first-order valence-corrected chi connectivity index (χ1v) is 34.4. The number of H-pyrrole nitrogens is 1. The zero-order valence-electron chi connectivity index (χ0n) is 57.6. The second-order valence-corrected chi connectivity index (χ2v) is 27.8. The second-order valence-electron chi connectivity index (χ2n) is 25.0. The fourth-order valence-corrected chi connectivity index (χ4v) is 10.8. The van der Waals surface area contributed by atoms with Gasteiger partial charge in [0.05, 0.1) is 29.0 Å². The quantitative estimate of drug-likeness (QED) is 0.0481. The van der Waals surface area contributed by atoms with Crippen molar-refractivity contribution in [2.24, 2.45) is 11.8 Å². The molecule has 1 heterocycles. The topological polar surface area (TPSA) is 141 Å². The Hall–Kier alpha value is -3.67. The third-order valence-electron chi connectivity index (χ3n) is 11.0. The summed E-state index contributed by atoms with van der Waals surface area (Å²) in [5.74, 6) is 0.676. The first-order chi connectivity index (χ1) is 40.1. The number of aliphatic hydroxyl groups excluding tert-OH is 1. The van der Waals surface area contributed by atoms with Gasteiger partial charge in [-0.3, -0.25) is 13.6 Å². The molecule has 85 heavy (non-hydrogen) atoms. The minimum Gasteiger partial charge on any atom is -0.396 e. The smallest absolute Gasteiger partial charge is 0.396 e.